The Morgan fingerprint density at radius 3 is 2.69 bits per heavy atom. The quantitative estimate of drug-likeness (QED) is 0.735. The van der Waals surface area contributed by atoms with Gasteiger partial charge < -0.3 is 10.2 Å². The molecule has 0 aliphatic carbocycles. The van der Waals surface area contributed by atoms with Gasteiger partial charge in [-0.25, -0.2) is 8.78 Å². The van der Waals surface area contributed by atoms with Crippen LogP contribution in [0.15, 0.2) is 22.6 Å². The van der Waals surface area contributed by atoms with Crippen molar-refractivity contribution in [3.05, 3.63) is 35.6 Å². The molecule has 0 fully saturated rings. The maximum atomic E-state index is 13.1. The van der Waals surface area contributed by atoms with Crippen LogP contribution in [0.2, 0.25) is 0 Å². The van der Waals surface area contributed by atoms with Crippen LogP contribution in [0.25, 0.3) is 11.0 Å². The second-order valence-corrected chi connectivity index (χ2v) is 2.72. The fourth-order valence-electron chi connectivity index (χ4n) is 1.22. The Balaban J connectivity index is 2.75. The molecule has 2 aromatic rings. The van der Waals surface area contributed by atoms with E-state index in [1.54, 1.807) is 0 Å². The second kappa shape index (κ2) is 2.81. The first-order chi connectivity index (χ1) is 6.20. The number of rotatable bonds is 1. The lowest BCUT2D eigenvalue weighted by Crippen LogP contribution is -1.92. The summed E-state index contributed by atoms with van der Waals surface area (Å²) in [7, 11) is 0. The van der Waals surface area contributed by atoms with Crippen LogP contribution in [0, 0.1) is 11.6 Å². The molecule has 2 rings (SSSR count). The maximum Gasteiger partial charge on any atom is 0.140 e. The molecule has 1 aromatic carbocycles. The highest BCUT2D eigenvalue weighted by molar-refractivity contribution is 5.78. The lowest BCUT2D eigenvalue weighted by atomic mass is 10.2. The fourth-order valence-corrected chi connectivity index (χ4v) is 1.22. The van der Waals surface area contributed by atoms with Gasteiger partial charge in [0.25, 0.3) is 0 Å². The number of nitrogens with two attached hydrogens (primary N) is 1. The zero-order valence-electron chi connectivity index (χ0n) is 6.68. The minimum absolute atomic E-state index is 0.176. The first-order valence-corrected chi connectivity index (χ1v) is 3.78. The van der Waals surface area contributed by atoms with Crippen LogP contribution in [-0.4, -0.2) is 0 Å². The van der Waals surface area contributed by atoms with E-state index in [0.29, 0.717) is 5.76 Å². The molecule has 0 spiro atoms. The van der Waals surface area contributed by atoms with Gasteiger partial charge in [-0.15, -0.1) is 0 Å². The molecule has 2 N–H and O–H groups in total. The number of hydrogen-bond acceptors (Lipinski definition) is 2. The molecule has 13 heavy (non-hydrogen) atoms. The van der Waals surface area contributed by atoms with Crippen molar-refractivity contribution >= 4 is 11.0 Å². The van der Waals surface area contributed by atoms with Gasteiger partial charge in [0, 0.05) is 12.1 Å². The molecule has 68 valence electrons. The highest BCUT2D eigenvalue weighted by Crippen LogP contribution is 2.23. The van der Waals surface area contributed by atoms with E-state index in [-0.39, 0.29) is 17.5 Å². The number of halogens is 2. The van der Waals surface area contributed by atoms with E-state index in [4.69, 9.17) is 10.2 Å². The molecule has 0 saturated carbocycles. The molecule has 2 nitrogen and oxygen atoms in total. The minimum Gasteiger partial charge on any atom is -0.460 e. The Labute approximate surface area is 72.9 Å². The van der Waals surface area contributed by atoms with Crippen molar-refractivity contribution in [1.29, 1.82) is 0 Å². The van der Waals surface area contributed by atoms with Crippen molar-refractivity contribution in [3.63, 3.8) is 0 Å². The molecule has 1 aromatic heterocycles. The maximum absolute atomic E-state index is 13.1. The van der Waals surface area contributed by atoms with Crippen molar-refractivity contribution in [3.8, 4) is 0 Å². The topological polar surface area (TPSA) is 39.2 Å². The highest BCUT2D eigenvalue weighted by atomic mass is 19.1. The van der Waals surface area contributed by atoms with Gasteiger partial charge in [-0.3, -0.25) is 0 Å². The van der Waals surface area contributed by atoms with Crippen LogP contribution in [0.4, 0.5) is 8.78 Å². The van der Waals surface area contributed by atoms with Crippen LogP contribution >= 0.6 is 0 Å². The summed E-state index contributed by atoms with van der Waals surface area (Å²) in [4.78, 5) is 0. The van der Waals surface area contributed by atoms with E-state index in [1.807, 2.05) is 0 Å². The molecule has 0 radical (unpaired) electrons. The molecule has 0 aliphatic heterocycles. The van der Waals surface area contributed by atoms with Crippen molar-refractivity contribution in [2.75, 3.05) is 0 Å². The molecule has 0 unspecified atom stereocenters. The summed E-state index contributed by atoms with van der Waals surface area (Å²) in [5, 5.41) is 0.266. The first-order valence-electron chi connectivity index (χ1n) is 3.78. The van der Waals surface area contributed by atoms with Crippen molar-refractivity contribution in [2.45, 2.75) is 6.54 Å². The Bertz CT molecular complexity index is 450. The molecule has 4 heteroatoms. The van der Waals surface area contributed by atoms with Crippen molar-refractivity contribution < 1.29 is 13.2 Å². The van der Waals surface area contributed by atoms with Crippen molar-refractivity contribution in [2.24, 2.45) is 5.73 Å². The van der Waals surface area contributed by atoms with Gasteiger partial charge in [0.05, 0.1) is 11.9 Å². The second-order valence-electron chi connectivity index (χ2n) is 2.72. The smallest absolute Gasteiger partial charge is 0.140 e. The SMILES string of the molecule is NCc1cc2c(F)cc(F)cc2o1. The van der Waals surface area contributed by atoms with E-state index in [9.17, 15) is 8.78 Å². The monoisotopic (exact) mass is 183 g/mol. The Morgan fingerprint density at radius 2 is 2.00 bits per heavy atom. The van der Waals surface area contributed by atoms with Gasteiger partial charge >= 0.3 is 0 Å². The third-order valence-electron chi connectivity index (χ3n) is 1.80. The van der Waals surface area contributed by atoms with Crippen LogP contribution in [0.1, 0.15) is 5.76 Å². The molecule has 1 heterocycles. The lowest BCUT2D eigenvalue weighted by Gasteiger charge is -1.90. The minimum atomic E-state index is -0.650. The number of hydrogen-bond donors (Lipinski definition) is 1. The van der Waals surface area contributed by atoms with Crippen LogP contribution < -0.4 is 5.73 Å². The summed E-state index contributed by atoms with van der Waals surface area (Å²) in [6.45, 7) is 0.176. The molecule has 0 aliphatic rings. The molecule has 0 amide bonds. The summed E-state index contributed by atoms with van der Waals surface area (Å²) < 4.78 is 30.8. The Hall–Kier alpha value is -1.42. The van der Waals surface area contributed by atoms with E-state index in [0.717, 1.165) is 12.1 Å². The van der Waals surface area contributed by atoms with Crippen molar-refractivity contribution in [1.82, 2.24) is 0 Å². The number of furan rings is 1. The van der Waals surface area contributed by atoms with Gasteiger partial charge in [-0.05, 0) is 6.07 Å². The van der Waals surface area contributed by atoms with Gasteiger partial charge in [-0.1, -0.05) is 0 Å². The van der Waals surface area contributed by atoms with Crippen LogP contribution in [0.3, 0.4) is 0 Å². The molecule has 0 bridgehead atoms. The molecular weight excluding hydrogens is 176 g/mol. The first kappa shape index (κ1) is 8.19. The standard InChI is InChI=1S/C9H7F2NO/c10-5-1-8(11)7-3-6(4-12)13-9(7)2-5/h1-3H,4,12H2. The molecular formula is C9H7F2NO. The summed E-state index contributed by atoms with van der Waals surface area (Å²) in [5.41, 5.74) is 5.48. The number of benzene rings is 1. The van der Waals surface area contributed by atoms with E-state index in [1.165, 1.54) is 6.07 Å². The average molecular weight is 183 g/mol. The van der Waals surface area contributed by atoms with Gasteiger partial charge in [0.15, 0.2) is 0 Å². The van der Waals surface area contributed by atoms with Crippen LogP contribution in [0.5, 0.6) is 0 Å². The molecule has 0 atom stereocenters. The predicted molar refractivity (Wildman–Crippen MR) is 44.0 cm³/mol. The molecule has 0 saturated heterocycles. The Morgan fingerprint density at radius 1 is 1.23 bits per heavy atom. The summed E-state index contributed by atoms with van der Waals surface area (Å²) in [5.74, 6) is -0.833. The number of fused-ring (bicyclic) bond motifs is 1. The fraction of sp³-hybridized carbons (Fsp3) is 0.111. The van der Waals surface area contributed by atoms with Gasteiger partial charge in [0.1, 0.15) is 23.0 Å². The van der Waals surface area contributed by atoms with E-state index >= 15 is 0 Å². The normalized spacial score (nSPS) is 11.0. The summed E-state index contributed by atoms with van der Waals surface area (Å²) in [6.07, 6.45) is 0. The zero-order chi connectivity index (χ0) is 9.42. The summed E-state index contributed by atoms with van der Waals surface area (Å²) in [6, 6.07) is 3.43. The van der Waals surface area contributed by atoms with Gasteiger partial charge in [0.2, 0.25) is 0 Å². The largest absolute Gasteiger partial charge is 0.460 e. The third kappa shape index (κ3) is 1.29. The summed E-state index contributed by atoms with van der Waals surface area (Å²) >= 11 is 0. The highest BCUT2D eigenvalue weighted by Gasteiger charge is 2.08. The third-order valence-corrected chi connectivity index (χ3v) is 1.80. The average Bonchev–Trinajstić information content (AvgIpc) is 2.47. The van der Waals surface area contributed by atoms with Crippen LogP contribution in [-0.2, 0) is 6.54 Å². The predicted octanol–water partition coefficient (Wildman–Crippen LogP) is 2.17. The van der Waals surface area contributed by atoms with Gasteiger partial charge in [-0.2, -0.15) is 0 Å². The zero-order valence-corrected chi connectivity index (χ0v) is 6.68. The van der Waals surface area contributed by atoms with E-state index < -0.39 is 11.6 Å². The lowest BCUT2D eigenvalue weighted by molar-refractivity contribution is 0.543. The Kier molecular flexibility index (Phi) is 1.77. The van der Waals surface area contributed by atoms with E-state index in [2.05, 4.69) is 0 Å².